The molecule has 19 heavy (non-hydrogen) atoms. The first-order valence-electron chi connectivity index (χ1n) is 6.46. The van der Waals surface area contributed by atoms with Gasteiger partial charge in [-0.1, -0.05) is 0 Å². The Hall–Kier alpha value is -1.82. The molecule has 0 aromatic heterocycles. The molecule has 0 spiro atoms. The van der Waals surface area contributed by atoms with Gasteiger partial charge in [-0.2, -0.15) is 0 Å². The number of hydrogen-bond acceptors (Lipinski definition) is 5. The molecule has 0 aliphatic carbocycles. The minimum atomic E-state index is -0.442. The zero-order chi connectivity index (χ0) is 13.8. The predicted molar refractivity (Wildman–Crippen MR) is 71.7 cm³/mol. The van der Waals surface area contributed by atoms with Crippen LogP contribution in [0, 0.1) is 10.1 Å². The third kappa shape index (κ3) is 2.78. The molecule has 1 aliphatic rings. The SMILES string of the molecule is CCOc1cc(N2CCCC2CO)ccc1[N+](=O)[O-]. The van der Waals surface area contributed by atoms with Gasteiger partial charge in [0.05, 0.1) is 24.2 Å². The number of rotatable bonds is 5. The average Bonchev–Trinajstić information content (AvgIpc) is 2.87. The van der Waals surface area contributed by atoms with Crippen LogP contribution >= 0.6 is 0 Å². The molecule has 1 heterocycles. The van der Waals surface area contributed by atoms with E-state index >= 15 is 0 Å². The Labute approximate surface area is 111 Å². The van der Waals surface area contributed by atoms with Gasteiger partial charge in [0.15, 0.2) is 5.75 Å². The maximum atomic E-state index is 10.9. The van der Waals surface area contributed by atoms with Crippen LogP contribution in [0.1, 0.15) is 19.8 Å². The molecule has 1 atom stereocenters. The molecular formula is C13H18N2O4. The van der Waals surface area contributed by atoms with Crippen LogP contribution in [0.4, 0.5) is 11.4 Å². The fourth-order valence-corrected chi connectivity index (χ4v) is 2.47. The van der Waals surface area contributed by atoms with Gasteiger partial charge in [0, 0.05) is 24.4 Å². The van der Waals surface area contributed by atoms with E-state index in [0.717, 1.165) is 25.1 Å². The predicted octanol–water partition coefficient (Wildman–Crippen LogP) is 1.95. The molecule has 1 fully saturated rings. The number of anilines is 1. The molecule has 1 aromatic rings. The highest BCUT2D eigenvalue weighted by Crippen LogP contribution is 2.34. The van der Waals surface area contributed by atoms with Gasteiger partial charge >= 0.3 is 5.69 Å². The van der Waals surface area contributed by atoms with Crippen molar-refractivity contribution >= 4 is 11.4 Å². The van der Waals surface area contributed by atoms with E-state index in [9.17, 15) is 15.2 Å². The van der Waals surface area contributed by atoms with Crippen LogP contribution in [0.25, 0.3) is 0 Å². The van der Waals surface area contributed by atoms with Gasteiger partial charge in [0.2, 0.25) is 0 Å². The number of ether oxygens (including phenoxy) is 1. The van der Waals surface area contributed by atoms with E-state index in [1.807, 2.05) is 0 Å². The highest BCUT2D eigenvalue weighted by atomic mass is 16.6. The summed E-state index contributed by atoms with van der Waals surface area (Å²) in [7, 11) is 0. The first-order valence-corrected chi connectivity index (χ1v) is 6.46. The van der Waals surface area contributed by atoms with Crippen LogP contribution in [0.15, 0.2) is 18.2 Å². The summed E-state index contributed by atoms with van der Waals surface area (Å²) in [5, 5.41) is 20.3. The largest absolute Gasteiger partial charge is 0.487 e. The minimum absolute atomic E-state index is 0.0228. The second-order valence-electron chi connectivity index (χ2n) is 4.51. The van der Waals surface area contributed by atoms with Gasteiger partial charge in [-0.05, 0) is 25.8 Å². The van der Waals surface area contributed by atoms with Gasteiger partial charge in [0.25, 0.3) is 0 Å². The summed E-state index contributed by atoms with van der Waals surface area (Å²) in [6.07, 6.45) is 1.96. The van der Waals surface area contributed by atoms with E-state index in [0.29, 0.717) is 6.61 Å². The van der Waals surface area contributed by atoms with E-state index in [4.69, 9.17) is 4.74 Å². The van der Waals surface area contributed by atoms with Crippen molar-refractivity contribution in [3.63, 3.8) is 0 Å². The number of hydrogen-bond donors (Lipinski definition) is 1. The first-order chi connectivity index (χ1) is 9.17. The van der Waals surface area contributed by atoms with Crippen LogP contribution in [0.5, 0.6) is 5.75 Å². The molecule has 1 saturated heterocycles. The second-order valence-corrected chi connectivity index (χ2v) is 4.51. The maximum Gasteiger partial charge on any atom is 0.311 e. The third-order valence-corrected chi connectivity index (χ3v) is 3.36. The quantitative estimate of drug-likeness (QED) is 0.651. The van der Waals surface area contributed by atoms with Gasteiger partial charge in [0.1, 0.15) is 0 Å². The molecule has 6 nitrogen and oxygen atoms in total. The van der Waals surface area contributed by atoms with Crippen molar-refractivity contribution in [2.45, 2.75) is 25.8 Å². The van der Waals surface area contributed by atoms with E-state index in [1.54, 1.807) is 19.1 Å². The molecule has 0 saturated carbocycles. The van der Waals surface area contributed by atoms with Crippen molar-refractivity contribution < 1.29 is 14.8 Å². The lowest BCUT2D eigenvalue weighted by Crippen LogP contribution is -2.31. The van der Waals surface area contributed by atoms with Gasteiger partial charge in [-0.25, -0.2) is 0 Å². The highest BCUT2D eigenvalue weighted by molar-refractivity contribution is 5.60. The third-order valence-electron chi connectivity index (χ3n) is 3.36. The molecule has 1 unspecified atom stereocenters. The lowest BCUT2D eigenvalue weighted by atomic mass is 10.2. The summed E-state index contributed by atoms with van der Waals surface area (Å²) in [6.45, 7) is 3.13. The summed E-state index contributed by atoms with van der Waals surface area (Å²) in [5.74, 6) is 0.286. The molecular weight excluding hydrogens is 248 g/mol. The van der Waals surface area contributed by atoms with Crippen molar-refractivity contribution in [2.24, 2.45) is 0 Å². The monoisotopic (exact) mass is 266 g/mol. The Balaban J connectivity index is 2.32. The van der Waals surface area contributed by atoms with Crippen molar-refractivity contribution in [3.05, 3.63) is 28.3 Å². The molecule has 1 aliphatic heterocycles. The standard InChI is InChI=1S/C13H18N2O4/c1-2-19-13-8-10(5-6-12(13)15(17)18)14-7-3-4-11(14)9-16/h5-6,8,11,16H,2-4,7,9H2,1H3. The number of aliphatic hydroxyl groups is 1. The minimum Gasteiger partial charge on any atom is -0.487 e. The molecule has 6 heteroatoms. The zero-order valence-corrected chi connectivity index (χ0v) is 10.9. The smallest absolute Gasteiger partial charge is 0.311 e. The first kappa shape index (κ1) is 13.6. The summed E-state index contributed by atoms with van der Waals surface area (Å²) < 4.78 is 5.34. The van der Waals surface area contributed by atoms with Crippen molar-refractivity contribution in [2.75, 3.05) is 24.7 Å². The van der Waals surface area contributed by atoms with E-state index < -0.39 is 4.92 Å². The summed E-state index contributed by atoms with van der Waals surface area (Å²) in [4.78, 5) is 12.6. The molecule has 0 radical (unpaired) electrons. The van der Waals surface area contributed by atoms with Crippen LogP contribution in [0.3, 0.4) is 0 Å². The molecule has 1 aromatic carbocycles. The van der Waals surface area contributed by atoms with Crippen LogP contribution < -0.4 is 9.64 Å². The van der Waals surface area contributed by atoms with E-state index in [-0.39, 0.29) is 24.1 Å². The Bertz CT molecular complexity index is 464. The highest BCUT2D eigenvalue weighted by Gasteiger charge is 2.26. The number of nitrogens with zero attached hydrogens (tertiary/aromatic N) is 2. The van der Waals surface area contributed by atoms with E-state index in [1.165, 1.54) is 6.07 Å². The Morgan fingerprint density at radius 3 is 3.00 bits per heavy atom. The fourth-order valence-electron chi connectivity index (χ4n) is 2.47. The van der Waals surface area contributed by atoms with Gasteiger partial charge in [-0.15, -0.1) is 0 Å². The molecule has 0 bridgehead atoms. The van der Waals surface area contributed by atoms with Crippen molar-refractivity contribution in [1.29, 1.82) is 0 Å². The van der Waals surface area contributed by atoms with Gasteiger partial charge < -0.3 is 14.7 Å². The number of nitro benzene ring substituents is 1. The summed E-state index contributed by atoms with van der Waals surface area (Å²) in [5.41, 5.74) is 0.843. The lowest BCUT2D eigenvalue weighted by molar-refractivity contribution is -0.385. The second kappa shape index (κ2) is 5.88. The normalized spacial score (nSPS) is 18.6. The van der Waals surface area contributed by atoms with Crippen LogP contribution in [0.2, 0.25) is 0 Å². The zero-order valence-electron chi connectivity index (χ0n) is 10.9. The number of benzene rings is 1. The maximum absolute atomic E-state index is 10.9. The Kier molecular flexibility index (Phi) is 4.21. The van der Waals surface area contributed by atoms with E-state index in [2.05, 4.69) is 4.90 Å². The van der Waals surface area contributed by atoms with Crippen molar-refractivity contribution in [1.82, 2.24) is 0 Å². The summed E-state index contributed by atoms with van der Waals surface area (Å²) in [6, 6.07) is 4.97. The number of aliphatic hydroxyl groups excluding tert-OH is 1. The molecule has 0 amide bonds. The van der Waals surface area contributed by atoms with Crippen LogP contribution in [-0.4, -0.2) is 35.8 Å². The Morgan fingerprint density at radius 1 is 1.58 bits per heavy atom. The molecule has 104 valence electrons. The topological polar surface area (TPSA) is 75.8 Å². The Morgan fingerprint density at radius 2 is 2.37 bits per heavy atom. The fraction of sp³-hybridized carbons (Fsp3) is 0.538. The number of nitro groups is 1. The van der Waals surface area contributed by atoms with Gasteiger partial charge in [-0.3, -0.25) is 10.1 Å². The molecule has 1 N–H and O–H groups in total. The molecule has 2 rings (SSSR count). The summed E-state index contributed by atoms with van der Waals surface area (Å²) >= 11 is 0. The van der Waals surface area contributed by atoms with Crippen LogP contribution in [-0.2, 0) is 0 Å². The lowest BCUT2D eigenvalue weighted by Gasteiger charge is -2.25. The average molecular weight is 266 g/mol. The van der Waals surface area contributed by atoms with Crippen molar-refractivity contribution in [3.8, 4) is 5.75 Å².